The number of rotatable bonds is 2. The lowest BCUT2D eigenvalue weighted by Gasteiger charge is -2.23. The molecule has 1 saturated heterocycles. The number of hydrogen-bond donors (Lipinski definition) is 0. The summed E-state index contributed by atoms with van der Waals surface area (Å²) in [5.41, 5.74) is -1.02. The number of fused-ring (bicyclic) bond motifs is 1. The van der Waals surface area contributed by atoms with Crippen molar-refractivity contribution < 1.29 is 9.18 Å². The number of halogens is 1. The van der Waals surface area contributed by atoms with Crippen LogP contribution in [0.3, 0.4) is 0 Å². The molecule has 3 rings (SSSR count). The van der Waals surface area contributed by atoms with Gasteiger partial charge in [-0.3, -0.25) is 4.79 Å². The Morgan fingerprint density at radius 3 is 3.00 bits per heavy atom. The Bertz CT molecular complexity index is 655. The molecule has 2 aromatic heterocycles. The Hall–Kier alpha value is -2.18. The van der Waals surface area contributed by atoms with Gasteiger partial charge in [0.15, 0.2) is 5.82 Å². The van der Waals surface area contributed by atoms with Crippen LogP contribution in [0.4, 0.5) is 10.2 Å². The van der Waals surface area contributed by atoms with Gasteiger partial charge < -0.3 is 9.80 Å². The first kappa shape index (κ1) is 12.8. The summed E-state index contributed by atoms with van der Waals surface area (Å²) in [6.45, 7) is 0.496. The van der Waals surface area contributed by atoms with Crippen LogP contribution in [0, 0.1) is 0 Å². The summed E-state index contributed by atoms with van der Waals surface area (Å²) in [6, 6.07) is 1.83. The van der Waals surface area contributed by atoms with Crippen molar-refractivity contribution in [1.82, 2.24) is 19.5 Å². The first-order valence-corrected chi connectivity index (χ1v) is 6.45. The molecule has 0 aromatic carbocycles. The largest absolute Gasteiger partial charge is 0.351 e. The maximum absolute atomic E-state index is 14.7. The van der Waals surface area contributed by atoms with Crippen LogP contribution in [0.15, 0.2) is 24.7 Å². The van der Waals surface area contributed by atoms with Crippen LogP contribution in [0.25, 0.3) is 5.52 Å². The van der Waals surface area contributed by atoms with E-state index in [-0.39, 0.29) is 13.0 Å². The van der Waals surface area contributed by atoms with Crippen LogP contribution < -0.4 is 4.90 Å². The second-order valence-corrected chi connectivity index (χ2v) is 5.25. The van der Waals surface area contributed by atoms with E-state index in [1.165, 1.54) is 4.90 Å². The van der Waals surface area contributed by atoms with Crippen molar-refractivity contribution in [3.05, 3.63) is 24.7 Å². The monoisotopic (exact) mass is 277 g/mol. The maximum atomic E-state index is 14.7. The highest BCUT2D eigenvalue weighted by Crippen LogP contribution is 2.31. The van der Waals surface area contributed by atoms with Crippen LogP contribution in [0.2, 0.25) is 0 Å². The van der Waals surface area contributed by atoms with Gasteiger partial charge in [-0.05, 0) is 6.07 Å². The van der Waals surface area contributed by atoms with Crippen molar-refractivity contribution in [2.45, 2.75) is 12.1 Å². The number of aromatic nitrogens is 3. The fourth-order valence-electron chi connectivity index (χ4n) is 2.62. The third kappa shape index (κ3) is 1.90. The number of anilines is 1. The van der Waals surface area contributed by atoms with Gasteiger partial charge in [0, 0.05) is 39.5 Å². The Balaban J connectivity index is 1.91. The second kappa shape index (κ2) is 4.43. The van der Waals surface area contributed by atoms with Crippen LogP contribution >= 0.6 is 0 Å². The first-order chi connectivity index (χ1) is 9.51. The number of alkyl halides is 1. The highest BCUT2D eigenvalue weighted by Gasteiger charge is 2.46. The van der Waals surface area contributed by atoms with Crippen molar-refractivity contribution in [2.75, 3.05) is 32.1 Å². The molecule has 1 aliphatic heterocycles. The number of carbonyl (C=O) groups is 1. The summed E-state index contributed by atoms with van der Waals surface area (Å²) >= 11 is 0. The highest BCUT2D eigenvalue weighted by molar-refractivity contribution is 5.86. The Morgan fingerprint density at radius 2 is 2.25 bits per heavy atom. The number of hydrogen-bond acceptors (Lipinski definition) is 4. The molecule has 106 valence electrons. The quantitative estimate of drug-likeness (QED) is 0.812. The van der Waals surface area contributed by atoms with Gasteiger partial charge in [-0.2, -0.15) is 5.10 Å². The number of amides is 1. The average Bonchev–Trinajstić information content (AvgIpc) is 3.04. The molecule has 6 nitrogen and oxygen atoms in total. The minimum atomic E-state index is -1.84. The normalized spacial score (nSPS) is 22.4. The van der Waals surface area contributed by atoms with Gasteiger partial charge in [0.25, 0.3) is 5.91 Å². The summed E-state index contributed by atoms with van der Waals surface area (Å²) in [4.78, 5) is 19.4. The summed E-state index contributed by atoms with van der Waals surface area (Å²) in [5.74, 6) is 0.177. The van der Waals surface area contributed by atoms with E-state index in [0.29, 0.717) is 12.4 Å². The molecule has 1 aliphatic rings. The van der Waals surface area contributed by atoms with Gasteiger partial charge in [0.05, 0.1) is 12.7 Å². The molecule has 3 heterocycles. The van der Waals surface area contributed by atoms with Crippen molar-refractivity contribution in [2.24, 2.45) is 0 Å². The van der Waals surface area contributed by atoms with Gasteiger partial charge in [-0.15, -0.1) is 0 Å². The van der Waals surface area contributed by atoms with Crippen molar-refractivity contribution >= 4 is 17.2 Å². The SMILES string of the molecule is CN(C)C(=O)C1(F)CCN(c2nccn3nccc23)C1. The van der Waals surface area contributed by atoms with Gasteiger partial charge in [-0.1, -0.05) is 0 Å². The zero-order chi connectivity index (χ0) is 14.3. The van der Waals surface area contributed by atoms with Gasteiger partial charge in [0.1, 0.15) is 5.52 Å². The van der Waals surface area contributed by atoms with E-state index in [0.717, 1.165) is 5.52 Å². The molecule has 0 bridgehead atoms. The van der Waals surface area contributed by atoms with E-state index in [4.69, 9.17) is 0 Å². The van der Waals surface area contributed by atoms with E-state index in [2.05, 4.69) is 10.1 Å². The van der Waals surface area contributed by atoms with E-state index < -0.39 is 11.6 Å². The lowest BCUT2D eigenvalue weighted by molar-refractivity contribution is -0.139. The highest BCUT2D eigenvalue weighted by atomic mass is 19.1. The van der Waals surface area contributed by atoms with Crippen LogP contribution in [-0.4, -0.2) is 58.3 Å². The van der Waals surface area contributed by atoms with Crippen LogP contribution in [-0.2, 0) is 4.79 Å². The minimum absolute atomic E-state index is 0.0296. The van der Waals surface area contributed by atoms with Crippen LogP contribution in [0.1, 0.15) is 6.42 Å². The lowest BCUT2D eigenvalue weighted by Crippen LogP contribution is -2.44. The topological polar surface area (TPSA) is 53.7 Å². The Labute approximate surface area is 115 Å². The van der Waals surface area contributed by atoms with E-state index in [1.54, 1.807) is 42.1 Å². The van der Waals surface area contributed by atoms with Gasteiger partial charge >= 0.3 is 0 Å². The van der Waals surface area contributed by atoms with E-state index in [1.807, 2.05) is 6.07 Å². The molecule has 1 fully saturated rings. The third-order valence-electron chi connectivity index (χ3n) is 3.61. The summed E-state index contributed by atoms with van der Waals surface area (Å²) in [5, 5.41) is 4.13. The molecule has 20 heavy (non-hydrogen) atoms. The van der Waals surface area contributed by atoms with Crippen molar-refractivity contribution in [1.29, 1.82) is 0 Å². The van der Waals surface area contributed by atoms with Gasteiger partial charge in [0.2, 0.25) is 5.67 Å². The molecule has 0 spiro atoms. The average molecular weight is 277 g/mol. The predicted octanol–water partition coefficient (Wildman–Crippen LogP) is 0.736. The fourth-order valence-corrected chi connectivity index (χ4v) is 2.62. The maximum Gasteiger partial charge on any atom is 0.261 e. The van der Waals surface area contributed by atoms with Gasteiger partial charge in [-0.25, -0.2) is 13.9 Å². The molecule has 0 N–H and O–H groups in total. The third-order valence-corrected chi connectivity index (χ3v) is 3.61. The summed E-state index contributed by atoms with van der Waals surface area (Å²) in [7, 11) is 3.14. The lowest BCUT2D eigenvalue weighted by atomic mass is 10.0. The molecule has 0 aliphatic carbocycles. The molecule has 0 radical (unpaired) electrons. The standard InChI is InChI=1S/C13H16FN5O/c1-17(2)12(20)13(14)4-7-18(9-13)11-10-3-5-16-19(10)8-6-15-11/h3,5-6,8H,4,7,9H2,1-2H3. The second-order valence-electron chi connectivity index (χ2n) is 5.25. The molecule has 1 unspecified atom stereocenters. The Kier molecular flexibility index (Phi) is 2.84. The first-order valence-electron chi connectivity index (χ1n) is 6.45. The van der Waals surface area contributed by atoms with Crippen LogP contribution in [0.5, 0.6) is 0 Å². The number of nitrogens with zero attached hydrogens (tertiary/aromatic N) is 5. The van der Waals surface area contributed by atoms with Crippen molar-refractivity contribution in [3.63, 3.8) is 0 Å². The molecule has 1 amide bonds. The summed E-state index contributed by atoms with van der Waals surface area (Å²) < 4.78 is 16.4. The smallest absolute Gasteiger partial charge is 0.261 e. The zero-order valence-electron chi connectivity index (χ0n) is 11.5. The molecule has 0 saturated carbocycles. The number of carbonyl (C=O) groups excluding carboxylic acids is 1. The zero-order valence-corrected chi connectivity index (χ0v) is 11.5. The summed E-state index contributed by atoms with van der Waals surface area (Å²) in [6.07, 6.45) is 5.22. The predicted molar refractivity (Wildman–Crippen MR) is 72.4 cm³/mol. The molecular weight excluding hydrogens is 261 g/mol. The molecule has 7 heteroatoms. The van der Waals surface area contributed by atoms with Crippen molar-refractivity contribution in [3.8, 4) is 0 Å². The minimum Gasteiger partial charge on any atom is -0.351 e. The molecule has 1 atom stereocenters. The van der Waals surface area contributed by atoms with E-state index in [9.17, 15) is 9.18 Å². The van der Waals surface area contributed by atoms with E-state index >= 15 is 0 Å². The molecule has 2 aromatic rings. The molecular formula is C13H16FN5O. The Morgan fingerprint density at radius 1 is 1.45 bits per heavy atom. The fraction of sp³-hybridized carbons (Fsp3) is 0.462.